The van der Waals surface area contributed by atoms with Crippen molar-refractivity contribution in [3.8, 4) is 16.8 Å². The summed E-state index contributed by atoms with van der Waals surface area (Å²) in [5.41, 5.74) is 16.6. The third-order valence-corrected chi connectivity index (χ3v) is 10.2. The van der Waals surface area contributed by atoms with E-state index in [1.807, 2.05) is 0 Å². The molecule has 8 rings (SSSR count). The van der Waals surface area contributed by atoms with Gasteiger partial charge in [-0.15, -0.1) is 0 Å². The van der Waals surface area contributed by atoms with Gasteiger partial charge in [-0.1, -0.05) is 111 Å². The third kappa shape index (κ3) is 4.87. The van der Waals surface area contributed by atoms with E-state index in [1.54, 1.807) is 0 Å². The average molecular weight is 609 g/mol. The molecule has 1 N–H and O–H groups in total. The lowest BCUT2D eigenvalue weighted by Crippen LogP contribution is -2.18. The highest BCUT2D eigenvalue weighted by Gasteiger charge is 2.31. The van der Waals surface area contributed by atoms with Crippen molar-refractivity contribution in [2.75, 3.05) is 0 Å². The van der Waals surface area contributed by atoms with Gasteiger partial charge in [0, 0.05) is 33.8 Å². The summed E-state index contributed by atoms with van der Waals surface area (Å²) in [6.45, 7) is 9.07. The van der Waals surface area contributed by atoms with E-state index < -0.39 is 0 Å². The van der Waals surface area contributed by atoms with Crippen LogP contribution in [0, 0.1) is 11.8 Å². The first-order valence-corrected chi connectivity index (χ1v) is 16.9. The van der Waals surface area contributed by atoms with Crippen molar-refractivity contribution in [2.45, 2.75) is 34.1 Å². The van der Waals surface area contributed by atoms with E-state index >= 15 is 0 Å². The number of para-hydroxylation sites is 1. The molecule has 1 aromatic heterocycles. The number of dihydropyridines is 1. The lowest BCUT2D eigenvalue weighted by Gasteiger charge is -2.28. The molecular formula is C45H40N2. The average Bonchev–Trinajstić information content (AvgIpc) is 3.42. The van der Waals surface area contributed by atoms with Gasteiger partial charge in [0.25, 0.3) is 0 Å². The van der Waals surface area contributed by atoms with Crippen molar-refractivity contribution in [3.63, 3.8) is 0 Å². The summed E-state index contributed by atoms with van der Waals surface area (Å²) < 4.78 is 2.42. The largest absolute Gasteiger partial charge is 0.355 e. The molecular weight excluding hydrogens is 569 g/mol. The Morgan fingerprint density at radius 1 is 0.745 bits per heavy atom. The summed E-state index contributed by atoms with van der Waals surface area (Å²) in [6.07, 6.45) is 17.1. The van der Waals surface area contributed by atoms with E-state index in [2.05, 4.69) is 177 Å². The Balaban J connectivity index is 1.25. The Kier molecular flexibility index (Phi) is 7.29. The highest BCUT2D eigenvalue weighted by molar-refractivity contribution is 6.10. The quantitative estimate of drug-likeness (QED) is 0.215. The van der Waals surface area contributed by atoms with Crippen molar-refractivity contribution >= 4 is 27.4 Å². The normalized spacial score (nSPS) is 21.1. The topological polar surface area (TPSA) is 17.0 Å². The van der Waals surface area contributed by atoms with Crippen LogP contribution in [0.4, 0.5) is 0 Å². The molecule has 0 spiro atoms. The predicted molar refractivity (Wildman–Crippen MR) is 200 cm³/mol. The van der Waals surface area contributed by atoms with Crippen LogP contribution in [0.2, 0.25) is 0 Å². The molecule has 230 valence electrons. The van der Waals surface area contributed by atoms with Gasteiger partial charge in [0.2, 0.25) is 0 Å². The maximum Gasteiger partial charge on any atom is 0.0541 e. The van der Waals surface area contributed by atoms with Crippen LogP contribution in [0.15, 0.2) is 173 Å². The number of hydrogen-bond acceptors (Lipinski definition) is 1. The van der Waals surface area contributed by atoms with E-state index in [4.69, 9.17) is 0 Å². The maximum atomic E-state index is 3.79. The van der Waals surface area contributed by atoms with Gasteiger partial charge < -0.3 is 9.88 Å². The Bertz CT molecular complexity index is 2280. The van der Waals surface area contributed by atoms with Gasteiger partial charge >= 0.3 is 0 Å². The van der Waals surface area contributed by atoms with Crippen LogP contribution in [0.25, 0.3) is 44.2 Å². The fraction of sp³-hybridized carbons (Fsp3) is 0.156. The van der Waals surface area contributed by atoms with Gasteiger partial charge in [-0.05, 0) is 113 Å². The summed E-state index contributed by atoms with van der Waals surface area (Å²) in [4.78, 5) is 0. The number of rotatable bonds is 4. The number of benzene rings is 4. The van der Waals surface area contributed by atoms with E-state index in [0.29, 0.717) is 5.92 Å². The fourth-order valence-corrected chi connectivity index (χ4v) is 7.92. The third-order valence-electron chi connectivity index (χ3n) is 10.2. The van der Waals surface area contributed by atoms with E-state index in [0.717, 1.165) is 6.42 Å². The Morgan fingerprint density at radius 3 is 2.36 bits per heavy atom. The highest BCUT2D eigenvalue weighted by atomic mass is 15.0. The second kappa shape index (κ2) is 11.8. The van der Waals surface area contributed by atoms with Crippen LogP contribution in [0.3, 0.4) is 0 Å². The van der Waals surface area contributed by atoms with Crippen LogP contribution >= 0.6 is 0 Å². The van der Waals surface area contributed by atoms with Gasteiger partial charge in [-0.2, -0.15) is 0 Å². The van der Waals surface area contributed by atoms with Gasteiger partial charge in [0.15, 0.2) is 0 Å². The molecule has 4 aromatic carbocycles. The molecule has 0 saturated heterocycles. The molecule has 2 bridgehead atoms. The Hall–Kier alpha value is -5.34. The predicted octanol–water partition coefficient (Wildman–Crippen LogP) is 11.6. The molecule has 2 heteroatoms. The second-order valence-corrected chi connectivity index (χ2v) is 13.0. The van der Waals surface area contributed by atoms with Crippen molar-refractivity contribution in [1.82, 2.24) is 9.88 Å². The molecule has 2 atom stereocenters. The summed E-state index contributed by atoms with van der Waals surface area (Å²) in [7, 11) is 0. The minimum absolute atomic E-state index is 0.280. The summed E-state index contributed by atoms with van der Waals surface area (Å²) in [5, 5.41) is 6.35. The molecule has 3 aliphatic rings. The number of allylic oxidation sites excluding steroid dienone is 11. The van der Waals surface area contributed by atoms with Gasteiger partial charge in [0.1, 0.15) is 0 Å². The summed E-state index contributed by atoms with van der Waals surface area (Å²) in [6, 6.07) is 35.4. The van der Waals surface area contributed by atoms with Crippen molar-refractivity contribution in [3.05, 3.63) is 179 Å². The zero-order chi connectivity index (χ0) is 32.1. The van der Waals surface area contributed by atoms with Crippen LogP contribution in [-0.2, 0) is 0 Å². The molecule has 2 aliphatic heterocycles. The number of aromatic nitrogens is 1. The standard InChI is InChI=1S/C45H40N2/c1-5-36-30(4)45(42-20-13-19-41(46-42)37(36)6-2)39-27-33(23-22-29(39)3)34-24-25-44-40(28-34)38-18-10-11-21-43(38)47(44)35-17-12-16-32(26-35)31-14-8-7-9-15-31/h5-21,23-30,46H,22H2,1-4H3/b36-5-,37-6+. The van der Waals surface area contributed by atoms with Gasteiger partial charge in [0.05, 0.1) is 11.0 Å². The first-order chi connectivity index (χ1) is 23.1. The van der Waals surface area contributed by atoms with Crippen LogP contribution in [-0.4, -0.2) is 4.57 Å². The van der Waals surface area contributed by atoms with Crippen molar-refractivity contribution in [1.29, 1.82) is 0 Å². The number of nitrogens with zero attached hydrogens (tertiary/aromatic N) is 1. The van der Waals surface area contributed by atoms with Crippen LogP contribution in [0.1, 0.15) is 39.7 Å². The smallest absolute Gasteiger partial charge is 0.0541 e. The molecule has 2 nitrogen and oxygen atoms in total. The summed E-state index contributed by atoms with van der Waals surface area (Å²) in [5.74, 6) is 0.712. The molecule has 0 amide bonds. The number of fused-ring (bicyclic) bond motifs is 5. The second-order valence-electron chi connectivity index (χ2n) is 13.0. The van der Waals surface area contributed by atoms with Crippen molar-refractivity contribution < 1.29 is 0 Å². The number of hydrogen-bond donors (Lipinski definition) is 1. The number of nitrogens with one attached hydrogen (secondary N) is 1. The molecule has 2 unspecified atom stereocenters. The molecule has 3 heterocycles. The first kappa shape index (κ1) is 29.1. The molecule has 0 saturated carbocycles. The van der Waals surface area contributed by atoms with E-state index in [9.17, 15) is 0 Å². The van der Waals surface area contributed by atoms with Crippen molar-refractivity contribution in [2.24, 2.45) is 11.8 Å². The molecule has 0 fully saturated rings. The van der Waals surface area contributed by atoms with E-state index in [-0.39, 0.29) is 5.92 Å². The van der Waals surface area contributed by atoms with E-state index in [1.165, 1.54) is 83.4 Å². The lowest BCUT2D eigenvalue weighted by atomic mass is 9.76. The molecule has 47 heavy (non-hydrogen) atoms. The zero-order valence-corrected chi connectivity index (χ0v) is 27.6. The minimum Gasteiger partial charge on any atom is -0.355 e. The lowest BCUT2D eigenvalue weighted by molar-refractivity contribution is 0.662. The summed E-state index contributed by atoms with van der Waals surface area (Å²) >= 11 is 0. The fourth-order valence-electron chi connectivity index (χ4n) is 7.92. The first-order valence-electron chi connectivity index (χ1n) is 16.9. The zero-order valence-electron chi connectivity index (χ0n) is 27.6. The molecule has 5 aromatic rings. The van der Waals surface area contributed by atoms with Gasteiger partial charge in [-0.25, -0.2) is 0 Å². The molecule has 1 aliphatic carbocycles. The molecule has 0 radical (unpaired) electrons. The maximum absolute atomic E-state index is 3.79. The Morgan fingerprint density at radius 2 is 1.53 bits per heavy atom. The monoisotopic (exact) mass is 608 g/mol. The van der Waals surface area contributed by atoms with Gasteiger partial charge in [-0.3, -0.25) is 0 Å². The van der Waals surface area contributed by atoms with Crippen LogP contribution in [0.5, 0.6) is 0 Å². The Labute approximate surface area is 278 Å². The minimum atomic E-state index is 0.280. The van der Waals surface area contributed by atoms with Crippen LogP contribution < -0.4 is 5.32 Å². The highest BCUT2D eigenvalue weighted by Crippen LogP contribution is 2.44. The SMILES string of the molecule is C/C=C1\C(=C/C)C2=CC=CC(=C(C3=CC(c4ccc5c(c4)c4ccccc4n5-c4cccc(-c5ccccc5)c4)=CCC3C)C1C)N2.